The summed E-state index contributed by atoms with van der Waals surface area (Å²) >= 11 is 0. The molecule has 1 aromatic carbocycles. The van der Waals surface area contributed by atoms with Crippen molar-refractivity contribution in [1.82, 2.24) is 19.9 Å². The molecule has 0 amide bonds. The molecule has 0 aliphatic heterocycles. The Morgan fingerprint density at radius 1 is 1.04 bits per heavy atom. The van der Waals surface area contributed by atoms with Crippen molar-refractivity contribution in [3.05, 3.63) is 61.1 Å². The fourth-order valence-electron chi connectivity index (χ4n) is 2.51. The zero-order valence-electron chi connectivity index (χ0n) is 13.0. The summed E-state index contributed by atoms with van der Waals surface area (Å²) in [7, 11) is 1.65. The molecule has 4 rings (SSSR count). The first kappa shape index (κ1) is 14.2. The van der Waals surface area contributed by atoms with Crippen LogP contribution in [0.25, 0.3) is 22.4 Å². The monoisotopic (exact) mass is 317 g/mol. The number of anilines is 2. The quantitative estimate of drug-likeness (QED) is 0.599. The molecule has 0 unspecified atom stereocenters. The molecular formula is C18H15N5O. The summed E-state index contributed by atoms with van der Waals surface area (Å²) in [4.78, 5) is 16.5. The van der Waals surface area contributed by atoms with Crippen molar-refractivity contribution >= 4 is 22.5 Å². The summed E-state index contributed by atoms with van der Waals surface area (Å²) in [6.07, 6.45) is 5.24. The number of nitrogens with zero attached hydrogens (tertiary/aromatic N) is 3. The second-order valence-electron chi connectivity index (χ2n) is 5.23. The molecule has 0 bridgehead atoms. The normalized spacial score (nSPS) is 10.7. The van der Waals surface area contributed by atoms with E-state index < -0.39 is 0 Å². The van der Waals surface area contributed by atoms with Gasteiger partial charge in [0.15, 0.2) is 5.82 Å². The van der Waals surface area contributed by atoms with Gasteiger partial charge in [-0.3, -0.25) is 4.98 Å². The predicted octanol–water partition coefficient (Wildman–Crippen LogP) is 3.77. The number of pyridine rings is 2. The molecule has 0 saturated carbocycles. The van der Waals surface area contributed by atoms with Gasteiger partial charge in [0, 0.05) is 35.9 Å². The van der Waals surface area contributed by atoms with Gasteiger partial charge in [-0.05, 0) is 30.3 Å². The van der Waals surface area contributed by atoms with Crippen molar-refractivity contribution < 1.29 is 4.74 Å². The van der Waals surface area contributed by atoms with E-state index in [0.717, 1.165) is 33.9 Å². The summed E-state index contributed by atoms with van der Waals surface area (Å²) in [6.45, 7) is 0. The third-order valence-electron chi connectivity index (χ3n) is 3.69. The summed E-state index contributed by atoms with van der Waals surface area (Å²) in [5.74, 6) is 2.26. The lowest BCUT2D eigenvalue weighted by molar-refractivity contribution is 0.415. The minimum Gasteiger partial charge on any atom is -0.497 e. The van der Waals surface area contributed by atoms with Crippen LogP contribution in [0.2, 0.25) is 0 Å². The van der Waals surface area contributed by atoms with Gasteiger partial charge < -0.3 is 15.0 Å². The molecule has 0 saturated heterocycles. The lowest BCUT2D eigenvalue weighted by Crippen LogP contribution is -1.95. The Morgan fingerprint density at radius 3 is 2.75 bits per heavy atom. The van der Waals surface area contributed by atoms with E-state index in [1.807, 2.05) is 42.5 Å². The van der Waals surface area contributed by atoms with E-state index in [2.05, 4.69) is 25.3 Å². The Labute approximate surface area is 138 Å². The van der Waals surface area contributed by atoms with E-state index in [1.54, 1.807) is 25.7 Å². The van der Waals surface area contributed by atoms with Crippen LogP contribution in [-0.2, 0) is 0 Å². The number of aromatic amines is 1. The molecule has 0 atom stereocenters. The second-order valence-corrected chi connectivity index (χ2v) is 5.23. The van der Waals surface area contributed by atoms with Crippen molar-refractivity contribution in [2.75, 3.05) is 12.4 Å². The van der Waals surface area contributed by atoms with Crippen molar-refractivity contribution in [3.8, 4) is 17.1 Å². The SMILES string of the molecule is COc1cccc(Nc2nccc3[nH]c(-c4ccncc4)nc23)c1. The second kappa shape index (κ2) is 6.00. The zero-order valence-corrected chi connectivity index (χ0v) is 13.0. The summed E-state index contributed by atoms with van der Waals surface area (Å²) in [5, 5.41) is 3.30. The van der Waals surface area contributed by atoms with Crippen molar-refractivity contribution in [2.24, 2.45) is 0 Å². The first-order chi connectivity index (χ1) is 11.8. The number of imidazole rings is 1. The first-order valence-corrected chi connectivity index (χ1v) is 7.50. The number of nitrogens with one attached hydrogen (secondary N) is 2. The van der Waals surface area contributed by atoms with Crippen molar-refractivity contribution in [3.63, 3.8) is 0 Å². The Kier molecular flexibility index (Phi) is 3.55. The van der Waals surface area contributed by atoms with E-state index in [1.165, 1.54) is 0 Å². The van der Waals surface area contributed by atoms with Gasteiger partial charge in [0.1, 0.15) is 17.1 Å². The largest absolute Gasteiger partial charge is 0.497 e. The molecule has 3 heterocycles. The van der Waals surface area contributed by atoms with Crippen LogP contribution in [0.3, 0.4) is 0 Å². The van der Waals surface area contributed by atoms with Gasteiger partial charge in [0.2, 0.25) is 0 Å². The smallest absolute Gasteiger partial charge is 0.158 e. The third-order valence-corrected chi connectivity index (χ3v) is 3.69. The molecular weight excluding hydrogens is 302 g/mol. The number of hydrogen-bond acceptors (Lipinski definition) is 5. The van der Waals surface area contributed by atoms with Crippen LogP contribution in [-0.4, -0.2) is 27.0 Å². The third kappa shape index (κ3) is 2.65. The molecule has 2 N–H and O–H groups in total. The fourth-order valence-corrected chi connectivity index (χ4v) is 2.51. The van der Waals surface area contributed by atoms with Gasteiger partial charge in [-0.25, -0.2) is 9.97 Å². The Balaban J connectivity index is 1.74. The molecule has 118 valence electrons. The van der Waals surface area contributed by atoms with Gasteiger partial charge in [0.25, 0.3) is 0 Å². The molecule has 6 nitrogen and oxygen atoms in total. The Hall–Kier alpha value is -3.41. The molecule has 6 heteroatoms. The van der Waals surface area contributed by atoms with Crippen molar-refractivity contribution in [1.29, 1.82) is 0 Å². The lowest BCUT2D eigenvalue weighted by Gasteiger charge is -2.07. The average molecular weight is 317 g/mol. The van der Waals surface area contributed by atoms with E-state index in [0.29, 0.717) is 5.82 Å². The molecule has 0 radical (unpaired) electrons. The van der Waals surface area contributed by atoms with Crippen LogP contribution in [0.4, 0.5) is 11.5 Å². The van der Waals surface area contributed by atoms with E-state index >= 15 is 0 Å². The fraction of sp³-hybridized carbons (Fsp3) is 0.0556. The number of ether oxygens (including phenoxy) is 1. The molecule has 0 spiro atoms. The van der Waals surface area contributed by atoms with Crippen LogP contribution in [0.5, 0.6) is 5.75 Å². The van der Waals surface area contributed by atoms with Gasteiger partial charge in [-0.2, -0.15) is 0 Å². The summed E-state index contributed by atoms with van der Waals surface area (Å²) < 4.78 is 5.25. The Morgan fingerprint density at radius 2 is 1.92 bits per heavy atom. The minimum absolute atomic E-state index is 0.692. The van der Waals surface area contributed by atoms with Crippen molar-refractivity contribution in [2.45, 2.75) is 0 Å². The highest BCUT2D eigenvalue weighted by Gasteiger charge is 2.10. The maximum Gasteiger partial charge on any atom is 0.158 e. The topological polar surface area (TPSA) is 75.7 Å². The molecule has 0 aliphatic rings. The minimum atomic E-state index is 0.692. The lowest BCUT2D eigenvalue weighted by atomic mass is 10.2. The van der Waals surface area contributed by atoms with Gasteiger partial charge in [-0.1, -0.05) is 6.07 Å². The first-order valence-electron chi connectivity index (χ1n) is 7.50. The van der Waals surface area contributed by atoms with Gasteiger partial charge >= 0.3 is 0 Å². The molecule has 4 aromatic rings. The van der Waals surface area contributed by atoms with Crippen LogP contribution in [0, 0.1) is 0 Å². The van der Waals surface area contributed by atoms with E-state index in [9.17, 15) is 0 Å². The number of benzene rings is 1. The average Bonchev–Trinajstić information content (AvgIpc) is 3.08. The predicted molar refractivity (Wildman–Crippen MR) is 93.4 cm³/mol. The molecule has 24 heavy (non-hydrogen) atoms. The Bertz CT molecular complexity index is 981. The number of hydrogen-bond donors (Lipinski definition) is 2. The van der Waals surface area contributed by atoms with Gasteiger partial charge in [0.05, 0.1) is 12.6 Å². The van der Waals surface area contributed by atoms with Crippen LogP contribution in [0.1, 0.15) is 0 Å². The highest BCUT2D eigenvalue weighted by molar-refractivity contribution is 5.89. The number of fused-ring (bicyclic) bond motifs is 1. The standard InChI is InChI=1S/C18H15N5O/c1-24-14-4-2-3-13(11-14)21-18-16-15(7-10-20-18)22-17(23-16)12-5-8-19-9-6-12/h2-11H,1H3,(H,20,21)(H,22,23). The highest BCUT2D eigenvalue weighted by Crippen LogP contribution is 2.27. The van der Waals surface area contributed by atoms with Crippen LogP contribution < -0.4 is 10.1 Å². The van der Waals surface area contributed by atoms with Gasteiger partial charge in [-0.15, -0.1) is 0 Å². The number of rotatable bonds is 4. The number of H-pyrrole nitrogens is 1. The molecule has 0 fully saturated rings. The summed E-state index contributed by atoms with van der Waals surface area (Å²) in [5.41, 5.74) is 3.57. The van der Waals surface area contributed by atoms with Crippen LogP contribution in [0.15, 0.2) is 61.1 Å². The van der Waals surface area contributed by atoms with E-state index in [4.69, 9.17) is 4.74 Å². The van der Waals surface area contributed by atoms with E-state index in [-0.39, 0.29) is 0 Å². The number of aromatic nitrogens is 4. The maximum atomic E-state index is 5.25. The highest BCUT2D eigenvalue weighted by atomic mass is 16.5. The number of methoxy groups -OCH3 is 1. The van der Waals surface area contributed by atoms with Crippen LogP contribution >= 0.6 is 0 Å². The maximum absolute atomic E-state index is 5.25. The molecule has 0 aliphatic carbocycles. The summed E-state index contributed by atoms with van der Waals surface area (Å²) in [6, 6.07) is 13.4. The molecule has 3 aromatic heterocycles. The zero-order chi connectivity index (χ0) is 16.4.